The number of carbonyl (C=O) groups is 2. The molecule has 1 aliphatic rings. The molecule has 10 heteroatoms. The fraction of sp³-hybridized carbons (Fsp3) is 0.263. The van der Waals surface area contributed by atoms with E-state index in [0.29, 0.717) is 34.9 Å². The van der Waals surface area contributed by atoms with Crippen LogP contribution in [0.1, 0.15) is 6.42 Å². The molecule has 0 bridgehead atoms. The molecular weight excluding hydrogens is 466 g/mol. The quantitative estimate of drug-likeness (QED) is 0.602. The lowest BCUT2D eigenvalue weighted by Crippen LogP contribution is -2.22. The van der Waals surface area contributed by atoms with E-state index >= 15 is 0 Å². The molecule has 0 spiro atoms. The van der Waals surface area contributed by atoms with Gasteiger partial charge in [0.1, 0.15) is 13.2 Å². The van der Waals surface area contributed by atoms with Crippen LogP contribution in [0.3, 0.4) is 0 Å². The maximum absolute atomic E-state index is 12.5. The Morgan fingerprint density at radius 2 is 1.79 bits per heavy atom. The number of rotatable bonds is 7. The minimum Gasteiger partial charge on any atom is -0.486 e. The van der Waals surface area contributed by atoms with Crippen molar-refractivity contribution in [3.8, 4) is 11.5 Å². The topological polar surface area (TPSA) is 108 Å². The van der Waals surface area contributed by atoms with Crippen LogP contribution in [0.15, 0.2) is 51.8 Å². The van der Waals surface area contributed by atoms with Crippen LogP contribution >= 0.6 is 15.9 Å². The van der Waals surface area contributed by atoms with Gasteiger partial charge in [-0.25, -0.2) is 8.42 Å². The molecule has 8 nitrogen and oxygen atoms in total. The minimum absolute atomic E-state index is 0.0289. The maximum atomic E-state index is 12.5. The van der Waals surface area contributed by atoms with Gasteiger partial charge in [-0.1, -0.05) is 12.1 Å². The Morgan fingerprint density at radius 1 is 1.07 bits per heavy atom. The zero-order valence-electron chi connectivity index (χ0n) is 15.2. The van der Waals surface area contributed by atoms with Gasteiger partial charge in [-0.05, 0) is 40.2 Å². The Labute approximate surface area is 176 Å². The highest BCUT2D eigenvalue weighted by Crippen LogP contribution is 2.32. The van der Waals surface area contributed by atoms with Crippen LogP contribution in [0, 0.1) is 0 Å². The van der Waals surface area contributed by atoms with Crippen LogP contribution < -0.4 is 14.8 Å². The molecule has 0 aliphatic carbocycles. The minimum atomic E-state index is -3.72. The summed E-state index contributed by atoms with van der Waals surface area (Å²) < 4.78 is 41.2. The first-order valence-electron chi connectivity index (χ1n) is 8.67. The predicted octanol–water partition coefficient (Wildman–Crippen LogP) is 2.57. The van der Waals surface area contributed by atoms with E-state index in [-0.39, 0.29) is 11.3 Å². The molecule has 2 aromatic rings. The van der Waals surface area contributed by atoms with E-state index in [1.54, 1.807) is 24.3 Å². The maximum Gasteiger partial charge on any atom is 0.307 e. The van der Waals surface area contributed by atoms with Gasteiger partial charge in [-0.15, -0.1) is 0 Å². The van der Waals surface area contributed by atoms with Crippen LogP contribution in [0.5, 0.6) is 11.5 Å². The van der Waals surface area contributed by atoms with Crippen molar-refractivity contribution in [2.75, 3.05) is 30.9 Å². The predicted molar refractivity (Wildman–Crippen MR) is 108 cm³/mol. The zero-order chi connectivity index (χ0) is 20.9. The highest BCUT2D eigenvalue weighted by molar-refractivity contribution is 9.10. The number of hydrogen-bond donors (Lipinski definition) is 1. The Balaban J connectivity index is 1.49. The average Bonchev–Trinajstić information content (AvgIpc) is 2.72. The summed E-state index contributed by atoms with van der Waals surface area (Å²) in [5.41, 5.74) is 0.537. The molecule has 154 valence electrons. The van der Waals surface area contributed by atoms with E-state index in [1.807, 2.05) is 0 Å². The molecule has 29 heavy (non-hydrogen) atoms. The van der Waals surface area contributed by atoms with Gasteiger partial charge >= 0.3 is 5.97 Å². The Kier molecular flexibility index (Phi) is 6.75. The molecule has 0 unspecified atom stereocenters. The van der Waals surface area contributed by atoms with E-state index in [2.05, 4.69) is 21.2 Å². The van der Waals surface area contributed by atoms with Gasteiger partial charge in [-0.3, -0.25) is 9.59 Å². The Bertz CT molecular complexity index is 1020. The Hall–Kier alpha value is -2.59. The molecule has 0 aromatic heterocycles. The van der Waals surface area contributed by atoms with Gasteiger partial charge in [0, 0.05) is 10.5 Å². The molecule has 2 aromatic carbocycles. The largest absolute Gasteiger partial charge is 0.486 e. The number of hydrogen-bond acceptors (Lipinski definition) is 7. The fourth-order valence-corrected chi connectivity index (χ4v) is 4.14. The molecule has 0 atom stereocenters. The van der Waals surface area contributed by atoms with Crippen molar-refractivity contribution in [3.05, 3.63) is 46.9 Å². The van der Waals surface area contributed by atoms with Crippen molar-refractivity contribution in [2.45, 2.75) is 11.3 Å². The van der Waals surface area contributed by atoms with Crippen molar-refractivity contribution in [2.24, 2.45) is 0 Å². The van der Waals surface area contributed by atoms with E-state index < -0.39 is 34.1 Å². The van der Waals surface area contributed by atoms with Gasteiger partial charge in [0.15, 0.2) is 27.9 Å². The summed E-state index contributed by atoms with van der Waals surface area (Å²) in [6.45, 7) is 0.231. The van der Waals surface area contributed by atoms with Crippen LogP contribution in [-0.2, 0) is 24.2 Å². The molecular formula is C19H18BrNO7S. The molecule has 0 saturated heterocycles. The SMILES string of the molecule is O=C(COC(=O)CCS(=O)(=O)c1ccc2c(c1)OCCO2)Nc1ccccc1Br. The second kappa shape index (κ2) is 9.27. The number of benzene rings is 2. The smallest absolute Gasteiger partial charge is 0.307 e. The van der Waals surface area contributed by atoms with Crippen molar-refractivity contribution in [1.82, 2.24) is 0 Å². The van der Waals surface area contributed by atoms with E-state index in [1.165, 1.54) is 18.2 Å². The number of nitrogens with one attached hydrogen (secondary N) is 1. The second-order valence-electron chi connectivity index (χ2n) is 6.06. The van der Waals surface area contributed by atoms with Crippen LogP contribution in [0.2, 0.25) is 0 Å². The lowest BCUT2D eigenvalue weighted by Gasteiger charge is -2.18. The molecule has 0 radical (unpaired) electrons. The summed E-state index contributed by atoms with van der Waals surface area (Å²) in [4.78, 5) is 23.8. The Morgan fingerprint density at radius 3 is 2.55 bits per heavy atom. The van der Waals surface area contributed by atoms with E-state index in [9.17, 15) is 18.0 Å². The monoisotopic (exact) mass is 483 g/mol. The van der Waals surface area contributed by atoms with Gasteiger partial charge in [0.25, 0.3) is 5.91 Å². The van der Waals surface area contributed by atoms with Crippen molar-refractivity contribution in [1.29, 1.82) is 0 Å². The number of para-hydroxylation sites is 1. The number of fused-ring (bicyclic) bond motifs is 1. The van der Waals surface area contributed by atoms with E-state index in [0.717, 1.165) is 0 Å². The molecule has 0 saturated carbocycles. The first-order chi connectivity index (χ1) is 13.8. The normalized spacial score (nSPS) is 12.9. The number of halogens is 1. The fourth-order valence-electron chi connectivity index (χ4n) is 2.52. The summed E-state index contributed by atoms with van der Waals surface area (Å²) in [7, 11) is -3.72. The molecule has 1 heterocycles. The third-order valence-electron chi connectivity index (χ3n) is 3.96. The molecule has 1 aliphatic heterocycles. The van der Waals surface area contributed by atoms with Crippen molar-refractivity contribution in [3.63, 3.8) is 0 Å². The summed E-state index contributed by atoms with van der Waals surface area (Å²) in [6, 6.07) is 11.3. The van der Waals surface area contributed by atoms with Crippen LogP contribution in [-0.4, -0.2) is 45.9 Å². The highest BCUT2D eigenvalue weighted by Gasteiger charge is 2.21. The molecule has 0 fully saturated rings. The number of anilines is 1. The van der Waals surface area contributed by atoms with Gasteiger partial charge in [0.2, 0.25) is 0 Å². The van der Waals surface area contributed by atoms with Gasteiger partial charge in [0.05, 0.1) is 22.8 Å². The molecule has 1 N–H and O–H groups in total. The standard InChI is InChI=1S/C19H18BrNO7S/c20-14-3-1-2-4-15(14)21-18(22)12-28-19(23)7-10-29(24,25)13-5-6-16-17(11-13)27-9-8-26-16/h1-6,11H,7-10,12H2,(H,21,22). The van der Waals surface area contributed by atoms with Gasteiger partial charge in [-0.2, -0.15) is 0 Å². The number of sulfone groups is 1. The lowest BCUT2D eigenvalue weighted by molar-refractivity contribution is -0.146. The number of esters is 1. The summed E-state index contributed by atoms with van der Waals surface area (Å²) in [5.74, 6) is -0.931. The summed E-state index contributed by atoms with van der Waals surface area (Å²) in [5, 5.41) is 2.59. The van der Waals surface area contributed by atoms with Gasteiger partial charge < -0.3 is 19.5 Å². The number of amides is 1. The number of carbonyl (C=O) groups excluding carboxylic acids is 2. The van der Waals surface area contributed by atoms with Crippen LogP contribution in [0.4, 0.5) is 5.69 Å². The summed E-state index contributed by atoms with van der Waals surface area (Å²) in [6.07, 6.45) is -0.376. The first-order valence-corrected chi connectivity index (χ1v) is 11.1. The van der Waals surface area contributed by atoms with Crippen molar-refractivity contribution >= 4 is 43.3 Å². The highest BCUT2D eigenvalue weighted by atomic mass is 79.9. The van der Waals surface area contributed by atoms with E-state index in [4.69, 9.17) is 14.2 Å². The second-order valence-corrected chi connectivity index (χ2v) is 9.03. The third-order valence-corrected chi connectivity index (χ3v) is 6.37. The lowest BCUT2D eigenvalue weighted by atomic mass is 10.3. The number of ether oxygens (including phenoxy) is 3. The van der Waals surface area contributed by atoms with Crippen LogP contribution in [0.25, 0.3) is 0 Å². The molecule has 1 amide bonds. The average molecular weight is 484 g/mol. The van der Waals surface area contributed by atoms with Crippen molar-refractivity contribution < 1.29 is 32.2 Å². The summed E-state index contributed by atoms with van der Waals surface area (Å²) >= 11 is 3.29. The third kappa shape index (κ3) is 5.70. The first kappa shape index (κ1) is 21.1. The molecule has 3 rings (SSSR count). The zero-order valence-corrected chi connectivity index (χ0v) is 17.6.